The molecule has 0 saturated carbocycles. The highest BCUT2D eigenvalue weighted by atomic mass is 16.6. The van der Waals surface area contributed by atoms with E-state index in [0.717, 1.165) is 5.57 Å². The van der Waals surface area contributed by atoms with E-state index >= 15 is 0 Å². The van der Waals surface area contributed by atoms with E-state index in [1.807, 2.05) is 27.7 Å². The minimum absolute atomic E-state index is 0.153. The monoisotopic (exact) mass is 270 g/mol. The third kappa shape index (κ3) is 5.20. The lowest BCUT2D eigenvalue weighted by atomic mass is 10.0. The normalized spacial score (nSPS) is 21.9. The number of carbonyl (C=O) groups is 1. The van der Waals surface area contributed by atoms with Gasteiger partial charge in [0.25, 0.3) is 0 Å². The maximum Gasteiger partial charge on any atom is 0.410 e. The summed E-state index contributed by atoms with van der Waals surface area (Å²) in [6.45, 7) is 12.9. The molecule has 5 heteroatoms. The van der Waals surface area contributed by atoms with Gasteiger partial charge in [-0.25, -0.2) is 4.79 Å². The summed E-state index contributed by atoms with van der Waals surface area (Å²) in [4.78, 5) is 13.9. The predicted molar refractivity (Wildman–Crippen MR) is 75.0 cm³/mol. The number of nitrogens with zero attached hydrogens (tertiary/aromatic N) is 1. The van der Waals surface area contributed by atoms with E-state index in [4.69, 9.17) is 15.2 Å². The first-order chi connectivity index (χ1) is 8.70. The van der Waals surface area contributed by atoms with Gasteiger partial charge in [0.1, 0.15) is 5.60 Å². The second-order valence-electron chi connectivity index (χ2n) is 6.14. The lowest BCUT2D eigenvalue weighted by molar-refractivity contribution is -0.0378. The minimum Gasteiger partial charge on any atom is -0.444 e. The molecule has 1 aliphatic heterocycles. The van der Waals surface area contributed by atoms with Gasteiger partial charge in [0, 0.05) is 12.6 Å². The van der Waals surface area contributed by atoms with Crippen molar-refractivity contribution < 1.29 is 14.3 Å². The maximum atomic E-state index is 12.2. The molecule has 2 unspecified atom stereocenters. The van der Waals surface area contributed by atoms with Crippen LogP contribution < -0.4 is 5.73 Å². The van der Waals surface area contributed by atoms with E-state index < -0.39 is 5.60 Å². The summed E-state index contributed by atoms with van der Waals surface area (Å²) in [6.07, 6.45) is 0.353. The number of morpholine rings is 1. The summed E-state index contributed by atoms with van der Waals surface area (Å²) in [7, 11) is 0. The summed E-state index contributed by atoms with van der Waals surface area (Å²) >= 11 is 0. The zero-order chi connectivity index (χ0) is 14.6. The zero-order valence-corrected chi connectivity index (χ0v) is 12.4. The molecule has 0 aliphatic carbocycles. The highest BCUT2D eigenvalue weighted by Gasteiger charge is 2.34. The van der Waals surface area contributed by atoms with Crippen LogP contribution in [0.3, 0.4) is 0 Å². The van der Waals surface area contributed by atoms with E-state index in [1.54, 1.807) is 4.90 Å². The fourth-order valence-corrected chi connectivity index (χ4v) is 2.06. The van der Waals surface area contributed by atoms with Crippen LogP contribution in [0.1, 0.15) is 34.1 Å². The van der Waals surface area contributed by atoms with Gasteiger partial charge < -0.3 is 15.2 Å². The Labute approximate surface area is 115 Å². The Kier molecular flexibility index (Phi) is 5.38. The first kappa shape index (κ1) is 16.0. The van der Waals surface area contributed by atoms with Crippen LogP contribution in [-0.4, -0.2) is 48.4 Å². The Hall–Kier alpha value is -1.07. The topological polar surface area (TPSA) is 64.8 Å². The van der Waals surface area contributed by atoms with Crippen molar-refractivity contribution in [2.75, 3.05) is 19.8 Å². The smallest absolute Gasteiger partial charge is 0.410 e. The number of carbonyl (C=O) groups excluding carboxylic acids is 1. The van der Waals surface area contributed by atoms with Crippen molar-refractivity contribution in [1.29, 1.82) is 0 Å². The molecule has 0 bridgehead atoms. The van der Waals surface area contributed by atoms with E-state index in [9.17, 15) is 4.79 Å². The standard InChI is InChI=1S/C14H26N2O3/c1-10(2)8-11(15)12-9-18-7-6-16(12)13(17)19-14(3,4)5/h11-12H,1,6-9,15H2,2-5H3. The van der Waals surface area contributed by atoms with Crippen LogP contribution in [0.15, 0.2) is 12.2 Å². The number of nitrogens with two attached hydrogens (primary N) is 1. The van der Waals surface area contributed by atoms with Crippen molar-refractivity contribution >= 4 is 6.09 Å². The summed E-state index contributed by atoms with van der Waals surface area (Å²) in [5.74, 6) is 0. The second-order valence-corrected chi connectivity index (χ2v) is 6.14. The molecule has 0 aromatic rings. The Morgan fingerprint density at radius 3 is 2.74 bits per heavy atom. The number of rotatable bonds is 3. The van der Waals surface area contributed by atoms with Crippen LogP contribution in [0.2, 0.25) is 0 Å². The van der Waals surface area contributed by atoms with Gasteiger partial charge in [-0.2, -0.15) is 0 Å². The third-order valence-electron chi connectivity index (χ3n) is 2.87. The third-order valence-corrected chi connectivity index (χ3v) is 2.87. The summed E-state index contributed by atoms with van der Waals surface area (Å²) in [5.41, 5.74) is 6.65. The summed E-state index contributed by atoms with van der Waals surface area (Å²) < 4.78 is 10.9. The summed E-state index contributed by atoms with van der Waals surface area (Å²) in [5, 5.41) is 0. The Morgan fingerprint density at radius 1 is 1.58 bits per heavy atom. The van der Waals surface area contributed by atoms with Crippen LogP contribution in [0.5, 0.6) is 0 Å². The van der Waals surface area contributed by atoms with Crippen LogP contribution in [0.4, 0.5) is 4.79 Å². The molecule has 1 saturated heterocycles. The number of hydrogen-bond donors (Lipinski definition) is 1. The van der Waals surface area contributed by atoms with Gasteiger partial charge >= 0.3 is 6.09 Å². The largest absolute Gasteiger partial charge is 0.444 e. The molecule has 0 aromatic carbocycles. The first-order valence-electron chi connectivity index (χ1n) is 6.68. The molecule has 0 radical (unpaired) electrons. The van der Waals surface area contributed by atoms with E-state index in [-0.39, 0.29) is 18.2 Å². The minimum atomic E-state index is -0.502. The molecule has 5 nitrogen and oxygen atoms in total. The maximum absolute atomic E-state index is 12.2. The van der Waals surface area contributed by atoms with E-state index in [0.29, 0.717) is 26.2 Å². The lowest BCUT2D eigenvalue weighted by Gasteiger charge is -2.39. The Morgan fingerprint density at radius 2 is 2.21 bits per heavy atom. The average Bonchev–Trinajstić information content (AvgIpc) is 2.25. The molecule has 0 spiro atoms. The van der Waals surface area contributed by atoms with Crippen LogP contribution in [0, 0.1) is 0 Å². The molecular formula is C14H26N2O3. The summed E-state index contributed by atoms with van der Waals surface area (Å²) in [6, 6.07) is -0.328. The van der Waals surface area contributed by atoms with Gasteiger partial charge in [-0.1, -0.05) is 5.57 Å². The molecule has 1 aliphatic rings. The molecule has 1 amide bonds. The molecule has 1 fully saturated rings. The molecule has 110 valence electrons. The molecular weight excluding hydrogens is 244 g/mol. The molecule has 0 aromatic heterocycles. The molecule has 1 heterocycles. The van der Waals surface area contributed by atoms with Crippen molar-refractivity contribution in [1.82, 2.24) is 4.90 Å². The SMILES string of the molecule is C=C(C)CC(N)C1COCCN1C(=O)OC(C)(C)C. The fraction of sp³-hybridized carbons (Fsp3) is 0.786. The van der Waals surface area contributed by atoms with E-state index in [2.05, 4.69) is 6.58 Å². The van der Waals surface area contributed by atoms with Gasteiger partial charge in [0.05, 0.1) is 19.3 Å². The molecule has 2 N–H and O–H groups in total. The highest BCUT2D eigenvalue weighted by molar-refractivity contribution is 5.68. The average molecular weight is 270 g/mol. The van der Waals surface area contributed by atoms with Gasteiger partial charge in [0.2, 0.25) is 0 Å². The van der Waals surface area contributed by atoms with Crippen molar-refractivity contribution in [3.05, 3.63) is 12.2 Å². The lowest BCUT2D eigenvalue weighted by Crippen LogP contribution is -2.57. The van der Waals surface area contributed by atoms with Crippen LogP contribution in [0.25, 0.3) is 0 Å². The van der Waals surface area contributed by atoms with Gasteiger partial charge in [0.15, 0.2) is 0 Å². The Bertz CT molecular complexity index is 336. The van der Waals surface area contributed by atoms with Crippen LogP contribution in [-0.2, 0) is 9.47 Å². The van der Waals surface area contributed by atoms with Gasteiger partial charge in [-0.3, -0.25) is 4.90 Å². The molecule has 1 rings (SSSR count). The molecule has 2 atom stereocenters. The highest BCUT2D eigenvalue weighted by Crippen LogP contribution is 2.18. The van der Waals surface area contributed by atoms with Crippen molar-refractivity contribution in [3.8, 4) is 0 Å². The zero-order valence-electron chi connectivity index (χ0n) is 12.4. The van der Waals surface area contributed by atoms with Crippen LogP contribution >= 0.6 is 0 Å². The van der Waals surface area contributed by atoms with Crippen molar-refractivity contribution in [3.63, 3.8) is 0 Å². The first-order valence-corrected chi connectivity index (χ1v) is 6.68. The van der Waals surface area contributed by atoms with Crippen molar-refractivity contribution in [2.45, 2.75) is 51.8 Å². The quantitative estimate of drug-likeness (QED) is 0.796. The Balaban J connectivity index is 2.71. The number of ether oxygens (including phenoxy) is 2. The van der Waals surface area contributed by atoms with Gasteiger partial charge in [-0.05, 0) is 34.1 Å². The van der Waals surface area contributed by atoms with Gasteiger partial charge in [-0.15, -0.1) is 6.58 Å². The van der Waals surface area contributed by atoms with Crippen molar-refractivity contribution in [2.24, 2.45) is 5.73 Å². The number of hydrogen-bond acceptors (Lipinski definition) is 4. The molecule has 19 heavy (non-hydrogen) atoms. The van der Waals surface area contributed by atoms with E-state index in [1.165, 1.54) is 0 Å². The fourth-order valence-electron chi connectivity index (χ4n) is 2.06. The predicted octanol–water partition coefficient (Wildman–Crippen LogP) is 1.92. The second kappa shape index (κ2) is 6.39. The number of amides is 1.